The Morgan fingerprint density at radius 2 is 2.16 bits per heavy atom. The molecule has 1 atom stereocenters. The summed E-state index contributed by atoms with van der Waals surface area (Å²) in [7, 11) is 0. The summed E-state index contributed by atoms with van der Waals surface area (Å²) in [6.45, 7) is 1.85. The molecule has 0 fully saturated rings. The fraction of sp³-hybridized carbons (Fsp3) is 0.125. The van der Waals surface area contributed by atoms with E-state index in [1.165, 1.54) is 0 Å². The summed E-state index contributed by atoms with van der Waals surface area (Å²) in [5.74, 6) is 0.330. The molecule has 1 aliphatic rings. The number of aromatic nitrogens is 6. The van der Waals surface area contributed by atoms with E-state index in [1.54, 1.807) is 29.2 Å². The highest BCUT2D eigenvalue weighted by atomic mass is 16.1. The molecule has 4 heterocycles. The largest absolute Gasteiger partial charge is 0.405 e. The van der Waals surface area contributed by atoms with Gasteiger partial charge in [-0.3, -0.25) is 15.1 Å². The Balaban J connectivity index is 1.77. The maximum Gasteiger partial charge on any atom is 0.405 e. The number of H-pyrrole nitrogens is 2. The average Bonchev–Trinajstić information content (AvgIpc) is 3.10. The van der Waals surface area contributed by atoms with Crippen LogP contribution in [0.15, 0.2) is 60.3 Å². The van der Waals surface area contributed by atoms with Gasteiger partial charge in [0.2, 0.25) is 0 Å². The molecule has 124 valence electrons. The second-order valence-corrected chi connectivity index (χ2v) is 5.59. The number of carbonyl (C=O) groups excluding carboxylic acids is 1. The van der Waals surface area contributed by atoms with E-state index >= 15 is 0 Å². The van der Waals surface area contributed by atoms with Crippen molar-refractivity contribution in [1.82, 2.24) is 20.5 Å². The first-order valence-corrected chi connectivity index (χ1v) is 7.72. The van der Waals surface area contributed by atoms with Crippen molar-refractivity contribution in [2.24, 2.45) is 0 Å². The number of nitrogens with one attached hydrogen (secondary N) is 4. The van der Waals surface area contributed by atoms with Crippen LogP contribution in [0.2, 0.25) is 0 Å². The van der Waals surface area contributed by atoms with Gasteiger partial charge in [0.1, 0.15) is 5.21 Å². The number of hydrogen-bond acceptors (Lipinski definition) is 5. The fourth-order valence-electron chi connectivity index (χ4n) is 2.88. The summed E-state index contributed by atoms with van der Waals surface area (Å²) >= 11 is 0. The molecule has 0 radical (unpaired) electrons. The summed E-state index contributed by atoms with van der Waals surface area (Å²) in [6.07, 6.45) is 6.89. The number of carbonyl (C=O) groups is 1. The summed E-state index contributed by atoms with van der Waals surface area (Å²) in [4.78, 5) is 20.0. The quantitative estimate of drug-likeness (QED) is 0.593. The SMILES string of the molecule is CC1=C(C(=O)Nc2cccnc2)C(c2cc[nH+]cc2)[n+]2[nH]nnc2N1. The van der Waals surface area contributed by atoms with Gasteiger partial charge in [0.15, 0.2) is 18.4 Å². The van der Waals surface area contributed by atoms with Gasteiger partial charge in [0.05, 0.1) is 28.3 Å². The van der Waals surface area contributed by atoms with E-state index in [2.05, 4.69) is 36.1 Å². The molecule has 1 aliphatic heterocycles. The lowest BCUT2D eigenvalue weighted by atomic mass is 9.96. The van der Waals surface area contributed by atoms with E-state index in [9.17, 15) is 4.79 Å². The number of amides is 1. The summed E-state index contributed by atoms with van der Waals surface area (Å²) in [6, 6.07) is 7.01. The molecule has 3 aromatic rings. The summed E-state index contributed by atoms with van der Waals surface area (Å²) in [5.41, 5.74) is 2.84. The van der Waals surface area contributed by atoms with Crippen LogP contribution in [0.4, 0.5) is 11.6 Å². The smallest absolute Gasteiger partial charge is 0.321 e. The Bertz CT molecular complexity index is 935. The Morgan fingerprint density at radius 3 is 2.92 bits per heavy atom. The molecule has 9 heteroatoms. The lowest BCUT2D eigenvalue weighted by Gasteiger charge is -2.23. The Hall–Kier alpha value is -3.62. The first-order chi connectivity index (χ1) is 12.2. The van der Waals surface area contributed by atoms with Gasteiger partial charge in [0.25, 0.3) is 5.91 Å². The number of nitrogens with zero attached hydrogens (tertiary/aromatic N) is 4. The molecular weight excluding hydrogens is 320 g/mol. The molecule has 1 amide bonds. The second kappa shape index (κ2) is 6.11. The molecule has 4 rings (SSSR count). The molecule has 0 spiro atoms. The van der Waals surface area contributed by atoms with Crippen molar-refractivity contribution in [2.75, 3.05) is 10.6 Å². The van der Waals surface area contributed by atoms with Crippen molar-refractivity contribution in [2.45, 2.75) is 13.0 Å². The maximum atomic E-state index is 13.0. The van der Waals surface area contributed by atoms with Gasteiger partial charge >= 0.3 is 5.95 Å². The third-order valence-corrected chi connectivity index (χ3v) is 3.98. The van der Waals surface area contributed by atoms with Gasteiger partial charge < -0.3 is 5.32 Å². The Labute approximate surface area is 142 Å². The van der Waals surface area contributed by atoms with E-state index in [-0.39, 0.29) is 11.9 Å². The molecule has 25 heavy (non-hydrogen) atoms. The van der Waals surface area contributed by atoms with Crippen LogP contribution >= 0.6 is 0 Å². The molecule has 0 saturated carbocycles. The molecule has 9 nitrogen and oxygen atoms in total. The monoisotopic (exact) mass is 336 g/mol. The first kappa shape index (κ1) is 14.9. The molecule has 0 aliphatic carbocycles. The topological polar surface area (TPSA) is 114 Å². The van der Waals surface area contributed by atoms with Crippen LogP contribution in [0.3, 0.4) is 0 Å². The zero-order valence-corrected chi connectivity index (χ0v) is 13.4. The van der Waals surface area contributed by atoms with Crippen molar-refractivity contribution in [3.05, 3.63) is 65.9 Å². The van der Waals surface area contributed by atoms with Crippen LogP contribution in [0.25, 0.3) is 0 Å². The molecule has 0 bridgehead atoms. The van der Waals surface area contributed by atoms with Crippen LogP contribution in [-0.2, 0) is 4.79 Å². The average molecular weight is 336 g/mol. The van der Waals surface area contributed by atoms with E-state index < -0.39 is 0 Å². The van der Waals surface area contributed by atoms with E-state index in [0.717, 1.165) is 5.56 Å². The molecule has 0 saturated heterocycles. The Morgan fingerprint density at radius 1 is 1.32 bits per heavy atom. The van der Waals surface area contributed by atoms with Gasteiger partial charge in [-0.15, -0.1) is 9.90 Å². The van der Waals surface area contributed by atoms with Crippen LogP contribution in [0.1, 0.15) is 18.5 Å². The second-order valence-electron chi connectivity index (χ2n) is 5.59. The van der Waals surface area contributed by atoms with Gasteiger partial charge in [-0.2, -0.15) is 0 Å². The van der Waals surface area contributed by atoms with E-state index in [0.29, 0.717) is 22.9 Å². The predicted molar refractivity (Wildman–Crippen MR) is 86.9 cm³/mol. The highest BCUT2D eigenvalue weighted by Gasteiger charge is 2.38. The normalized spacial score (nSPS) is 16.1. The number of fused-ring (bicyclic) bond motifs is 1. The van der Waals surface area contributed by atoms with E-state index in [1.807, 2.05) is 31.5 Å². The lowest BCUT2D eigenvalue weighted by molar-refractivity contribution is -0.750. The van der Waals surface area contributed by atoms with Gasteiger partial charge in [0, 0.05) is 23.9 Å². The number of pyridine rings is 2. The van der Waals surface area contributed by atoms with Crippen molar-refractivity contribution in [3.8, 4) is 0 Å². The summed E-state index contributed by atoms with van der Waals surface area (Å²) in [5, 5.41) is 16.7. The number of allylic oxidation sites excluding steroid dienone is 1. The molecular formula is C16H16N8O+2. The maximum absolute atomic E-state index is 13.0. The highest BCUT2D eigenvalue weighted by molar-refractivity contribution is 6.05. The van der Waals surface area contributed by atoms with E-state index in [4.69, 9.17) is 0 Å². The minimum atomic E-state index is -0.377. The minimum absolute atomic E-state index is 0.219. The number of hydrogen-bond donors (Lipinski definition) is 3. The van der Waals surface area contributed by atoms with Crippen molar-refractivity contribution in [1.29, 1.82) is 0 Å². The number of rotatable bonds is 3. The van der Waals surface area contributed by atoms with Crippen molar-refractivity contribution >= 4 is 17.5 Å². The lowest BCUT2D eigenvalue weighted by Crippen LogP contribution is -2.50. The fourth-order valence-corrected chi connectivity index (χ4v) is 2.88. The van der Waals surface area contributed by atoms with Crippen molar-refractivity contribution < 1.29 is 14.5 Å². The van der Waals surface area contributed by atoms with Crippen LogP contribution in [0.5, 0.6) is 0 Å². The zero-order chi connectivity index (χ0) is 17.2. The predicted octanol–water partition coefficient (Wildman–Crippen LogP) is 0.229. The molecule has 1 unspecified atom stereocenters. The standard InChI is InChI=1S/C16H14N8O/c1-10-13(15(25)20-12-3-2-6-18-9-12)14(11-4-7-17-8-5-11)24-16(19-10)21-22-23-24/h2-9,14H,1H3,(H2,19,20,21,23,25)/p+2. The first-order valence-electron chi connectivity index (χ1n) is 7.72. The third-order valence-electron chi connectivity index (χ3n) is 3.98. The molecule has 4 N–H and O–H groups in total. The van der Waals surface area contributed by atoms with Crippen LogP contribution in [0, 0.1) is 0 Å². The van der Waals surface area contributed by atoms with Gasteiger partial charge in [-0.05, 0) is 19.1 Å². The minimum Gasteiger partial charge on any atom is -0.321 e. The highest BCUT2D eigenvalue weighted by Crippen LogP contribution is 2.28. The van der Waals surface area contributed by atoms with Gasteiger partial charge in [-0.1, -0.05) is 0 Å². The van der Waals surface area contributed by atoms with Crippen LogP contribution < -0.4 is 20.3 Å². The third kappa shape index (κ3) is 2.71. The molecule has 3 aromatic heterocycles. The van der Waals surface area contributed by atoms with Gasteiger partial charge in [-0.25, -0.2) is 4.98 Å². The molecule has 0 aromatic carbocycles. The Kier molecular flexibility index (Phi) is 3.65. The summed E-state index contributed by atoms with van der Waals surface area (Å²) < 4.78 is 1.72. The number of anilines is 2. The number of tetrazole rings is 1. The zero-order valence-electron chi connectivity index (χ0n) is 13.4. The van der Waals surface area contributed by atoms with Crippen molar-refractivity contribution in [3.63, 3.8) is 0 Å². The number of aromatic amines is 2. The van der Waals surface area contributed by atoms with Crippen LogP contribution in [-0.4, -0.2) is 26.4 Å².